The number of hydrogen-bond donors (Lipinski definition) is 0. The first-order chi connectivity index (χ1) is 8.75. The summed E-state index contributed by atoms with van der Waals surface area (Å²) < 4.78 is 43.7. The quantitative estimate of drug-likeness (QED) is 0.481. The summed E-state index contributed by atoms with van der Waals surface area (Å²) in [5.41, 5.74) is -3.37. The number of esters is 1. The minimum absolute atomic E-state index is 0.185. The summed E-state index contributed by atoms with van der Waals surface area (Å²) in [6.07, 6.45) is -5.02. The zero-order valence-electron chi connectivity index (χ0n) is 10.5. The van der Waals surface area contributed by atoms with E-state index in [1.54, 1.807) is 6.07 Å². The van der Waals surface area contributed by atoms with Gasteiger partial charge < -0.3 is 4.74 Å². The van der Waals surface area contributed by atoms with Crippen molar-refractivity contribution in [1.82, 2.24) is 0 Å². The van der Waals surface area contributed by atoms with Crippen molar-refractivity contribution in [3.63, 3.8) is 0 Å². The highest BCUT2D eigenvalue weighted by atomic mass is 19.4. The Labute approximate surface area is 108 Å². The average molecular weight is 274 g/mol. The summed E-state index contributed by atoms with van der Waals surface area (Å²) in [7, 11) is 0. The van der Waals surface area contributed by atoms with Crippen LogP contribution in [0.5, 0.6) is 0 Å². The molecule has 0 aliphatic rings. The highest BCUT2D eigenvalue weighted by Crippen LogP contribution is 2.41. The fraction of sp³-hybridized carbons (Fsp3) is 0.385. The number of ether oxygens (including phenoxy) is 1. The molecule has 1 aromatic carbocycles. The lowest BCUT2D eigenvalue weighted by Crippen LogP contribution is -2.49. The lowest BCUT2D eigenvalue weighted by Gasteiger charge is -2.28. The van der Waals surface area contributed by atoms with Crippen molar-refractivity contribution >= 4 is 11.8 Å². The molecular weight excluding hydrogens is 261 g/mol. The Morgan fingerprint density at radius 1 is 1.16 bits per heavy atom. The third-order valence-electron chi connectivity index (χ3n) is 2.74. The van der Waals surface area contributed by atoms with E-state index >= 15 is 0 Å². The van der Waals surface area contributed by atoms with Crippen LogP contribution in [-0.4, -0.2) is 24.5 Å². The van der Waals surface area contributed by atoms with Crippen LogP contribution in [0.25, 0.3) is 0 Å². The van der Waals surface area contributed by atoms with E-state index in [-0.39, 0.29) is 12.2 Å². The van der Waals surface area contributed by atoms with Gasteiger partial charge in [-0.05, 0) is 13.8 Å². The summed E-state index contributed by atoms with van der Waals surface area (Å²) in [4.78, 5) is 23.6. The molecule has 1 atom stereocenters. The number of carbonyl (C=O) groups excluding carboxylic acids is 2. The van der Waals surface area contributed by atoms with E-state index in [1.165, 1.54) is 31.2 Å². The van der Waals surface area contributed by atoms with Gasteiger partial charge in [0.1, 0.15) is 0 Å². The van der Waals surface area contributed by atoms with Gasteiger partial charge in [0.15, 0.2) is 5.78 Å². The lowest BCUT2D eigenvalue weighted by molar-refractivity contribution is -0.214. The van der Waals surface area contributed by atoms with Gasteiger partial charge in [0.2, 0.25) is 5.41 Å². The Kier molecular flexibility index (Phi) is 4.34. The number of halogens is 3. The summed E-state index contributed by atoms with van der Waals surface area (Å²) in [5, 5.41) is 0. The number of ketones is 1. The molecule has 0 aromatic heterocycles. The molecule has 19 heavy (non-hydrogen) atoms. The second-order valence-corrected chi connectivity index (χ2v) is 4.04. The van der Waals surface area contributed by atoms with E-state index in [1.807, 2.05) is 0 Å². The van der Waals surface area contributed by atoms with Crippen LogP contribution in [0.3, 0.4) is 0 Å². The first-order valence-corrected chi connectivity index (χ1v) is 5.59. The normalized spacial score (nSPS) is 14.6. The monoisotopic (exact) mass is 274 g/mol. The smallest absolute Gasteiger partial charge is 0.411 e. The number of carbonyl (C=O) groups is 2. The van der Waals surface area contributed by atoms with Crippen LogP contribution in [0.15, 0.2) is 30.3 Å². The van der Waals surface area contributed by atoms with E-state index < -0.39 is 23.3 Å². The van der Waals surface area contributed by atoms with Crippen LogP contribution in [0, 0.1) is 5.41 Å². The van der Waals surface area contributed by atoms with Crippen LogP contribution < -0.4 is 0 Å². The van der Waals surface area contributed by atoms with Crippen molar-refractivity contribution in [3.05, 3.63) is 35.9 Å². The number of hydrogen-bond acceptors (Lipinski definition) is 3. The third-order valence-corrected chi connectivity index (χ3v) is 2.74. The number of rotatable bonds is 4. The number of Topliss-reactive ketones (excluding diaryl/α,β-unsaturated/α-hetero) is 1. The molecule has 0 aliphatic carbocycles. The molecule has 0 spiro atoms. The predicted molar refractivity (Wildman–Crippen MR) is 61.6 cm³/mol. The zero-order chi connectivity index (χ0) is 14.7. The van der Waals surface area contributed by atoms with Gasteiger partial charge in [0.05, 0.1) is 6.61 Å². The molecule has 0 heterocycles. The van der Waals surface area contributed by atoms with Crippen molar-refractivity contribution in [2.24, 2.45) is 5.41 Å². The number of alkyl halides is 3. The minimum atomic E-state index is -5.02. The first kappa shape index (κ1) is 15.2. The highest BCUT2D eigenvalue weighted by molar-refractivity contribution is 6.12. The van der Waals surface area contributed by atoms with Crippen LogP contribution >= 0.6 is 0 Å². The molecular formula is C13H13F3O3. The topological polar surface area (TPSA) is 43.4 Å². The minimum Gasteiger partial charge on any atom is -0.465 e. The predicted octanol–water partition coefficient (Wildman–Crippen LogP) is 3.00. The molecule has 0 saturated heterocycles. The van der Waals surface area contributed by atoms with Crippen molar-refractivity contribution in [2.75, 3.05) is 6.61 Å². The first-order valence-electron chi connectivity index (χ1n) is 5.59. The van der Waals surface area contributed by atoms with Crippen LogP contribution in [-0.2, 0) is 9.53 Å². The second-order valence-electron chi connectivity index (χ2n) is 4.04. The largest absolute Gasteiger partial charge is 0.465 e. The van der Waals surface area contributed by atoms with Crippen LogP contribution in [0.4, 0.5) is 13.2 Å². The molecule has 6 heteroatoms. The van der Waals surface area contributed by atoms with Gasteiger partial charge in [0.25, 0.3) is 0 Å². The van der Waals surface area contributed by atoms with E-state index in [4.69, 9.17) is 0 Å². The molecule has 3 nitrogen and oxygen atoms in total. The van der Waals surface area contributed by atoms with Crippen molar-refractivity contribution in [1.29, 1.82) is 0 Å². The molecule has 0 amide bonds. The second kappa shape index (κ2) is 5.42. The average Bonchev–Trinajstić information content (AvgIpc) is 2.36. The Hall–Kier alpha value is -1.85. The highest BCUT2D eigenvalue weighted by Gasteiger charge is 2.63. The summed E-state index contributed by atoms with van der Waals surface area (Å²) in [6, 6.07) is 6.87. The number of benzene rings is 1. The maximum absolute atomic E-state index is 13.1. The van der Waals surface area contributed by atoms with Crippen molar-refractivity contribution in [2.45, 2.75) is 20.0 Å². The van der Waals surface area contributed by atoms with Gasteiger partial charge in [-0.1, -0.05) is 30.3 Å². The lowest BCUT2D eigenvalue weighted by atomic mass is 9.81. The molecule has 0 radical (unpaired) electrons. The van der Waals surface area contributed by atoms with Gasteiger partial charge in [-0.2, -0.15) is 13.2 Å². The molecule has 1 rings (SSSR count). The molecule has 0 fully saturated rings. The van der Waals surface area contributed by atoms with Crippen molar-refractivity contribution in [3.8, 4) is 0 Å². The molecule has 0 saturated carbocycles. The standard InChI is InChI=1S/C13H13F3O3/c1-3-19-11(18)12(2,13(14,15)16)10(17)9-7-5-4-6-8-9/h4-8H,3H2,1-2H3. The zero-order valence-corrected chi connectivity index (χ0v) is 10.5. The Morgan fingerprint density at radius 2 is 1.68 bits per heavy atom. The molecule has 1 unspecified atom stereocenters. The van der Waals surface area contributed by atoms with Gasteiger partial charge in [0, 0.05) is 5.56 Å². The Balaban J connectivity index is 3.26. The van der Waals surface area contributed by atoms with E-state index in [2.05, 4.69) is 4.74 Å². The molecule has 104 valence electrons. The third kappa shape index (κ3) is 2.77. The maximum Gasteiger partial charge on any atom is 0.411 e. The fourth-order valence-corrected chi connectivity index (χ4v) is 1.49. The Bertz CT molecular complexity index is 468. The van der Waals surface area contributed by atoms with Crippen molar-refractivity contribution < 1.29 is 27.5 Å². The molecule has 0 N–H and O–H groups in total. The molecule has 0 aliphatic heterocycles. The summed E-state index contributed by atoms with van der Waals surface area (Å²) in [5.74, 6) is -2.91. The van der Waals surface area contributed by atoms with E-state index in [9.17, 15) is 22.8 Å². The van der Waals surface area contributed by atoms with Crippen LogP contribution in [0.1, 0.15) is 24.2 Å². The van der Waals surface area contributed by atoms with Gasteiger partial charge >= 0.3 is 12.1 Å². The van der Waals surface area contributed by atoms with E-state index in [0.717, 1.165) is 0 Å². The fourth-order valence-electron chi connectivity index (χ4n) is 1.49. The SMILES string of the molecule is CCOC(=O)C(C)(C(=O)c1ccccc1)C(F)(F)F. The van der Waals surface area contributed by atoms with Gasteiger partial charge in [-0.3, -0.25) is 9.59 Å². The molecule has 0 bridgehead atoms. The Morgan fingerprint density at radius 3 is 2.11 bits per heavy atom. The summed E-state index contributed by atoms with van der Waals surface area (Å²) in [6.45, 7) is 1.69. The molecule has 1 aromatic rings. The van der Waals surface area contributed by atoms with Gasteiger partial charge in [-0.15, -0.1) is 0 Å². The maximum atomic E-state index is 13.1. The summed E-state index contributed by atoms with van der Waals surface area (Å²) >= 11 is 0. The van der Waals surface area contributed by atoms with Gasteiger partial charge in [-0.25, -0.2) is 0 Å². The van der Waals surface area contributed by atoms with Crippen LogP contribution in [0.2, 0.25) is 0 Å². The van der Waals surface area contributed by atoms with E-state index in [0.29, 0.717) is 6.92 Å².